The fraction of sp³-hybridized carbons (Fsp3) is 0.278. The van der Waals surface area contributed by atoms with Gasteiger partial charge >= 0.3 is 0 Å². The molecule has 22 heavy (non-hydrogen) atoms. The Bertz CT molecular complexity index is 669. The van der Waals surface area contributed by atoms with Crippen LogP contribution in [0.5, 0.6) is 5.75 Å². The zero-order valence-corrected chi connectivity index (χ0v) is 14.0. The number of amides is 1. The standard InChI is InChI=1S/C18H18BrNO2/c1-2-22-15-8-6-14(7-9-15)20-18(21)17-11-16(17)12-4-3-5-13(19)10-12/h3-10,16-17H,2,11H2,1H3,(H,20,21). The molecule has 1 fully saturated rings. The third-order valence-electron chi connectivity index (χ3n) is 3.84. The molecule has 2 atom stereocenters. The summed E-state index contributed by atoms with van der Waals surface area (Å²) in [5.74, 6) is 1.31. The zero-order chi connectivity index (χ0) is 15.5. The van der Waals surface area contributed by atoms with Crippen LogP contribution >= 0.6 is 15.9 Å². The van der Waals surface area contributed by atoms with E-state index in [-0.39, 0.29) is 11.8 Å². The summed E-state index contributed by atoms with van der Waals surface area (Å²) in [7, 11) is 0. The van der Waals surface area contributed by atoms with Crippen molar-refractivity contribution < 1.29 is 9.53 Å². The van der Waals surface area contributed by atoms with E-state index in [4.69, 9.17) is 4.74 Å². The summed E-state index contributed by atoms with van der Waals surface area (Å²) in [6, 6.07) is 15.7. The summed E-state index contributed by atoms with van der Waals surface area (Å²) in [6.45, 7) is 2.59. The summed E-state index contributed by atoms with van der Waals surface area (Å²) in [6.07, 6.45) is 0.916. The Kier molecular flexibility index (Phi) is 4.48. The van der Waals surface area contributed by atoms with Gasteiger partial charge in [0.05, 0.1) is 6.61 Å². The number of hydrogen-bond donors (Lipinski definition) is 1. The number of anilines is 1. The van der Waals surface area contributed by atoms with Crippen molar-refractivity contribution in [3.8, 4) is 5.75 Å². The lowest BCUT2D eigenvalue weighted by atomic mass is 10.1. The van der Waals surface area contributed by atoms with E-state index in [0.29, 0.717) is 12.5 Å². The van der Waals surface area contributed by atoms with Crippen LogP contribution in [0.3, 0.4) is 0 Å². The van der Waals surface area contributed by atoms with Gasteiger partial charge in [0.25, 0.3) is 0 Å². The second kappa shape index (κ2) is 6.53. The molecule has 3 rings (SSSR count). The van der Waals surface area contributed by atoms with Gasteiger partial charge in [-0.05, 0) is 61.2 Å². The highest BCUT2D eigenvalue weighted by molar-refractivity contribution is 9.10. The first kappa shape index (κ1) is 15.1. The maximum Gasteiger partial charge on any atom is 0.228 e. The molecule has 1 aliphatic carbocycles. The molecule has 1 amide bonds. The minimum absolute atomic E-state index is 0.0702. The van der Waals surface area contributed by atoms with Crippen LogP contribution in [-0.4, -0.2) is 12.5 Å². The van der Waals surface area contributed by atoms with Crippen molar-refractivity contribution in [2.24, 2.45) is 5.92 Å². The van der Waals surface area contributed by atoms with Gasteiger partial charge in [-0.3, -0.25) is 4.79 Å². The Balaban J connectivity index is 1.59. The lowest BCUT2D eigenvalue weighted by molar-refractivity contribution is -0.117. The molecule has 3 nitrogen and oxygen atoms in total. The number of carbonyl (C=O) groups excluding carboxylic acids is 1. The molecule has 1 saturated carbocycles. The maximum atomic E-state index is 12.3. The molecule has 0 bridgehead atoms. The highest BCUT2D eigenvalue weighted by Crippen LogP contribution is 2.48. The van der Waals surface area contributed by atoms with Crippen LogP contribution in [0.25, 0.3) is 0 Å². The quantitative estimate of drug-likeness (QED) is 0.847. The largest absolute Gasteiger partial charge is 0.494 e. The SMILES string of the molecule is CCOc1ccc(NC(=O)C2CC2c2cccc(Br)c2)cc1. The number of benzene rings is 2. The maximum absolute atomic E-state index is 12.3. The van der Waals surface area contributed by atoms with Crippen LogP contribution in [0.2, 0.25) is 0 Å². The molecule has 2 aromatic rings. The lowest BCUT2D eigenvalue weighted by Crippen LogP contribution is -2.14. The molecular formula is C18H18BrNO2. The molecule has 0 aliphatic heterocycles. The van der Waals surface area contributed by atoms with Crippen molar-refractivity contribution in [1.29, 1.82) is 0 Å². The van der Waals surface area contributed by atoms with Crippen LogP contribution < -0.4 is 10.1 Å². The Labute approximate surface area is 138 Å². The smallest absolute Gasteiger partial charge is 0.228 e. The van der Waals surface area contributed by atoms with Gasteiger partial charge in [-0.25, -0.2) is 0 Å². The molecule has 0 heterocycles. The number of rotatable bonds is 5. The fourth-order valence-corrected chi connectivity index (χ4v) is 3.04. The monoisotopic (exact) mass is 359 g/mol. The van der Waals surface area contributed by atoms with Gasteiger partial charge in [0.2, 0.25) is 5.91 Å². The first-order valence-corrected chi connectivity index (χ1v) is 8.26. The first-order valence-electron chi connectivity index (χ1n) is 7.46. The number of carbonyl (C=O) groups is 1. The van der Waals surface area contributed by atoms with E-state index in [2.05, 4.69) is 33.4 Å². The van der Waals surface area contributed by atoms with Gasteiger partial charge in [-0.15, -0.1) is 0 Å². The topological polar surface area (TPSA) is 38.3 Å². The highest BCUT2D eigenvalue weighted by Gasteiger charge is 2.43. The summed E-state index contributed by atoms with van der Waals surface area (Å²) >= 11 is 3.48. The van der Waals surface area contributed by atoms with Crippen molar-refractivity contribution in [1.82, 2.24) is 0 Å². The summed E-state index contributed by atoms with van der Waals surface area (Å²) in [5.41, 5.74) is 2.04. The Morgan fingerprint density at radius 1 is 1.27 bits per heavy atom. The molecule has 0 spiro atoms. The molecule has 2 aromatic carbocycles. The molecule has 0 saturated heterocycles. The van der Waals surface area contributed by atoms with Crippen molar-refractivity contribution in [2.75, 3.05) is 11.9 Å². The lowest BCUT2D eigenvalue weighted by Gasteiger charge is -2.07. The van der Waals surface area contributed by atoms with Crippen molar-refractivity contribution in [3.05, 3.63) is 58.6 Å². The second-order valence-electron chi connectivity index (χ2n) is 5.45. The fourth-order valence-electron chi connectivity index (χ4n) is 2.63. The number of nitrogens with one attached hydrogen (secondary N) is 1. The van der Waals surface area contributed by atoms with Crippen molar-refractivity contribution in [3.63, 3.8) is 0 Å². The average Bonchev–Trinajstić information content (AvgIpc) is 3.30. The van der Waals surface area contributed by atoms with Gasteiger partial charge in [0, 0.05) is 16.1 Å². The predicted molar refractivity (Wildman–Crippen MR) is 91.2 cm³/mol. The minimum Gasteiger partial charge on any atom is -0.494 e. The highest BCUT2D eigenvalue weighted by atomic mass is 79.9. The van der Waals surface area contributed by atoms with Gasteiger partial charge in [-0.1, -0.05) is 28.1 Å². The van der Waals surface area contributed by atoms with E-state index in [1.807, 2.05) is 43.3 Å². The molecule has 0 radical (unpaired) electrons. The van der Waals surface area contributed by atoms with E-state index in [1.165, 1.54) is 5.56 Å². The molecular weight excluding hydrogens is 342 g/mol. The Morgan fingerprint density at radius 2 is 2.05 bits per heavy atom. The molecule has 1 N–H and O–H groups in total. The third-order valence-corrected chi connectivity index (χ3v) is 4.33. The van der Waals surface area contributed by atoms with Crippen LogP contribution in [-0.2, 0) is 4.79 Å². The summed E-state index contributed by atoms with van der Waals surface area (Å²) in [4.78, 5) is 12.3. The Morgan fingerprint density at radius 3 is 2.73 bits per heavy atom. The van der Waals surface area contributed by atoms with Gasteiger partial charge in [0.1, 0.15) is 5.75 Å². The minimum atomic E-state index is 0.0702. The predicted octanol–water partition coefficient (Wildman–Crippen LogP) is 4.59. The van der Waals surface area contributed by atoms with E-state index in [9.17, 15) is 4.79 Å². The van der Waals surface area contributed by atoms with Gasteiger partial charge < -0.3 is 10.1 Å². The van der Waals surface area contributed by atoms with Gasteiger partial charge in [0.15, 0.2) is 0 Å². The second-order valence-corrected chi connectivity index (χ2v) is 6.37. The third kappa shape index (κ3) is 3.50. The van der Waals surface area contributed by atoms with Crippen molar-refractivity contribution >= 4 is 27.5 Å². The molecule has 114 valence electrons. The van der Waals surface area contributed by atoms with E-state index in [0.717, 1.165) is 22.3 Å². The molecule has 1 aliphatic rings. The van der Waals surface area contributed by atoms with E-state index >= 15 is 0 Å². The van der Waals surface area contributed by atoms with E-state index < -0.39 is 0 Å². The number of ether oxygens (including phenoxy) is 1. The average molecular weight is 360 g/mol. The van der Waals surface area contributed by atoms with E-state index in [1.54, 1.807) is 0 Å². The summed E-state index contributed by atoms with van der Waals surface area (Å²) in [5, 5.41) is 2.98. The van der Waals surface area contributed by atoms with Gasteiger partial charge in [-0.2, -0.15) is 0 Å². The number of hydrogen-bond acceptors (Lipinski definition) is 2. The molecule has 2 unspecified atom stereocenters. The summed E-state index contributed by atoms with van der Waals surface area (Å²) < 4.78 is 6.45. The first-order chi connectivity index (χ1) is 10.7. The van der Waals surface area contributed by atoms with Crippen LogP contribution in [0.4, 0.5) is 5.69 Å². The molecule has 4 heteroatoms. The Hall–Kier alpha value is -1.81. The van der Waals surface area contributed by atoms with Crippen LogP contribution in [0, 0.1) is 5.92 Å². The van der Waals surface area contributed by atoms with Crippen LogP contribution in [0.1, 0.15) is 24.8 Å². The number of halogens is 1. The zero-order valence-electron chi connectivity index (χ0n) is 12.4. The normalized spacial score (nSPS) is 19.5. The van der Waals surface area contributed by atoms with Crippen LogP contribution in [0.15, 0.2) is 53.0 Å². The molecule has 0 aromatic heterocycles. The van der Waals surface area contributed by atoms with Crippen molar-refractivity contribution in [2.45, 2.75) is 19.3 Å².